The third-order valence-corrected chi connectivity index (χ3v) is 4.82. The summed E-state index contributed by atoms with van der Waals surface area (Å²) in [5.74, 6) is -2.20. The Labute approximate surface area is 152 Å². The summed E-state index contributed by atoms with van der Waals surface area (Å²) in [6.45, 7) is 0. The number of fused-ring (bicyclic) bond motifs is 1. The Kier molecular flexibility index (Phi) is 4.13. The lowest BCUT2D eigenvalue weighted by Gasteiger charge is -2.33. The number of ether oxygens (including phenoxy) is 1. The van der Waals surface area contributed by atoms with Crippen LogP contribution < -0.4 is 5.73 Å². The molecule has 4 rings (SSSR count). The monoisotopic (exact) mass is 377 g/mol. The van der Waals surface area contributed by atoms with E-state index in [-0.39, 0.29) is 16.8 Å². The number of benzene rings is 1. The number of alkyl halides is 2. The van der Waals surface area contributed by atoms with Crippen LogP contribution in [0, 0.1) is 11.7 Å². The zero-order valence-corrected chi connectivity index (χ0v) is 13.9. The molecule has 140 valence electrons. The number of amidine groups is 1. The molecule has 1 aromatic carbocycles. The van der Waals surface area contributed by atoms with E-state index in [4.69, 9.17) is 10.5 Å². The fourth-order valence-electron chi connectivity index (χ4n) is 3.46. The average Bonchev–Trinajstić information content (AvgIpc) is 3.42. The molecule has 1 aromatic heterocycles. The van der Waals surface area contributed by atoms with Crippen LogP contribution >= 0.6 is 0 Å². The van der Waals surface area contributed by atoms with Crippen molar-refractivity contribution >= 4 is 17.9 Å². The van der Waals surface area contributed by atoms with Crippen LogP contribution in [0.2, 0.25) is 0 Å². The van der Waals surface area contributed by atoms with E-state index in [2.05, 4.69) is 9.98 Å². The van der Waals surface area contributed by atoms with Gasteiger partial charge in [-0.25, -0.2) is 22.6 Å². The SMILES string of the molecule is NC1=N[C@@](c2cc(/C=C(\F)c3ccccn3)ccc2F)(C(F)F)[C@H]2C[C@H]2O1. The van der Waals surface area contributed by atoms with Gasteiger partial charge >= 0.3 is 0 Å². The molecule has 0 unspecified atom stereocenters. The van der Waals surface area contributed by atoms with Crippen molar-refractivity contribution in [2.45, 2.75) is 24.5 Å². The minimum Gasteiger partial charge on any atom is -0.462 e. The number of nitrogens with zero attached hydrogens (tertiary/aromatic N) is 2. The van der Waals surface area contributed by atoms with Gasteiger partial charge in [0, 0.05) is 17.7 Å². The first-order valence-electron chi connectivity index (χ1n) is 8.30. The number of aromatic nitrogens is 1. The summed E-state index contributed by atoms with van der Waals surface area (Å²) in [4.78, 5) is 7.68. The van der Waals surface area contributed by atoms with Crippen molar-refractivity contribution in [2.24, 2.45) is 16.6 Å². The van der Waals surface area contributed by atoms with E-state index in [9.17, 15) is 17.6 Å². The zero-order valence-electron chi connectivity index (χ0n) is 13.9. The van der Waals surface area contributed by atoms with Gasteiger partial charge in [0.1, 0.15) is 17.7 Å². The lowest BCUT2D eigenvalue weighted by Crippen LogP contribution is -2.43. The molecular formula is C19H15F4N3O. The van der Waals surface area contributed by atoms with Crippen LogP contribution in [0.5, 0.6) is 0 Å². The van der Waals surface area contributed by atoms with E-state index >= 15 is 0 Å². The highest BCUT2D eigenvalue weighted by atomic mass is 19.3. The lowest BCUT2D eigenvalue weighted by molar-refractivity contribution is 0.0176. The molecule has 8 heteroatoms. The van der Waals surface area contributed by atoms with Crippen molar-refractivity contribution in [2.75, 3.05) is 0 Å². The number of aliphatic imine (C=N–C) groups is 1. The first-order valence-corrected chi connectivity index (χ1v) is 8.30. The Morgan fingerprint density at radius 3 is 2.81 bits per heavy atom. The maximum atomic E-state index is 14.5. The Balaban J connectivity index is 1.80. The van der Waals surface area contributed by atoms with E-state index in [1.807, 2.05) is 0 Å². The highest BCUT2D eigenvalue weighted by Crippen LogP contribution is 2.56. The third-order valence-electron chi connectivity index (χ3n) is 4.82. The average molecular weight is 377 g/mol. The number of rotatable bonds is 4. The largest absolute Gasteiger partial charge is 0.462 e. The number of nitrogens with two attached hydrogens (primary N) is 1. The molecule has 0 spiro atoms. The number of halogens is 4. The van der Waals surface area contributed by atoms with Crippen LogP contribution in [0.25, 0.3) is 11.9 Å². The van der Waals surface area contributed by atoms with Gasteiger partial charge in [-0.05, 0) is 42.3 Å². The molecular weight excluding hydrogens is 362 g/mol. The summed E-state index contributed by atoms with van der Waals surface area (Å²) in [6, 6.07) is 7.83. The predicted octanol–water partition coefficient (Wildman–Crippen LogP) is 3.88. The summed E-state index contributed by atoms with van der Waals surface area (Å²) >= 11 is 0. The molecule has 2 N–H and O–H groups in total. The molecule has 0 radical (unpaired) electrons. The van der Waals surface area contributed by atoms with Crippen molar-refractivity contribution < 1.29 is 22.3 Å². The molecule has 3 atom stereocenters. The minimum absolute atomic E-state index is 0.0857. The Morgan fingerprint density at radius 2 is 2.11 bits per heavy atom. The van der Waals surface area contributed by atoms with Crippen LogP contribution in [0.4, 0.5) is 17.6 Å². The van der Waals surface area contributed by atoms with Gasteiger partial charge in [0.05, 0.1) is 5.69 Å². The number of hydrogen-bond donors (Lipinski definition) is 1. The topological polar surface area (TPSA) is 60.5 Å². The number of pyridine rings is 1. The van der Waals surface area contributed by atoms with Crippen molar-refractivity contribution in [3.63, 3.8) is 0 Å². The molecule has 4 nitrogen and oxygen atoms in total. The predicted molar refractivity (Wildman–Crippen MR) is 91.9 cm³/mol. The first kappa shape index (κ1) is 17.5. The zero-order chi connectivity index (χ0) is 19.2. The molecule has 0 bridgehead atoms. The van der Waals surface area contributed by atoms with E-state index in [0.717, 1.165) is 12.1 Å². The molecule has 1 fully saturated rings. The van der Waals surface area contributed by atoms with E-state index < -0.39 is 41.7 Å². The van der Waals surface area contributed by atoms with Crippen LogP contribution in [0.3, 0.4) is 0 Å². The van der Waals surface area contributed by atoms with Crippen molar-refractivity contribution in [3.8, 4) is 0 Å². The normalized spacial score (nSPS) is 27.0. The Morgan fingerprint density at radius 1 is 1.30 bits per heavy atom. The smallest absolute Gasteiger partial charge is 0.283 e. The molecule has 0 saturated heterocycles. The molecule has 1 aliphatic heterocycles. The van der Waals surface area contributed by atoms with E-state index in [1.165, 1.54) is 24.4 Å². The Hall–Kier alpha value is -2.90. The van der Waals surface area contributed by atoms with Gasteiger partial charge in [-0.1, -0.05) is 12.1 Å². The van der Waals surface area contributed by atoms with Gasteiger partial charge in [0.15, 0.2) is 5.54 Å². The van der Waals surface area contributed by atoms with Gasteiger partial charge in [-0.2, -0.15) is 0 Å². The van der Waals surface area contributed by atoms with Gasteiger partial charge in [-0.15, -0.1) is 0 Å². The fraction of sp³-hybridized carbons (Fsp3) is 0.263. The minimum atomic E-state index is -3.00. The second-order valence-corrected chi connectivity index (χ2v) is 6.52. The van der Waals surface area contributed by atoms with E-state index in [0.29, 0.717) is 6.42 Å². The summed E-state index contributed by atoms with van der Waals surface area (Å²) in [5, 5.41) is 0. The van der Waals surface area contributed by atoms with Crippen LogP contribution in [-0.2, 0) is 10.3 Å². The van der Waals surface area contributed by atoms with Crippen molar-refractivity contribution in [3.05, 3.63) is 65.2 Å². The van der Waals surface area contributed by atoms with Gasteiger partial charge in [0.25, 0.3) is 12.4 Å². The van der Waals surface area contributed by atoms with Crippen molar-refractivity contribution in [1.82, 2.24) is 4.98 Å². The summed E-state index contributed by atoms with van der Waals surface area (Å²) < 4.78 is 62.2. The highest BCUT2D eigenvalue weighted by molar-refractivity contribution is 5.76. The van der Waals surface area contributed by atoms with Crippen LogP contribution in [-0.4, -0.2) is 23.5 Å². The van der Waals surface area contributed by atoms with Crippen LogP contribution in [0.15, 0.2) is 47.6 Å². The number of hydrogen-bond acceptors (Lipinski definition) is 4. The standard InChI is InChI=1S/C19H15F4N3O/c20-13-5-4-10(8-14(21)15-3-1-2-6-25-15)7-11(13)19(17(22)23)12-9-16(12)27-18(24)26-19/h1-8,12,16-17H,9H2,(H2,24,26)/b14-8-/t12-,16+,19+/m0/s1. The molecule has 27 heavy (non-hydrogen) atoms. The second-order valence-electron chi connectivity index (χ2n) is 6.52. The van der Waals surface area contributed by atoms with Gasteiger partial charge in [-0.3, -0.25) is 4.98 Å². The summed E-state index contributed by atoms with van der Waals surface area (Å²) in [7, 11) is 0. The van der Waals surface area contributed by atoms with Crippen molar-refractivity contribution in [1.29, 1.82) is 0 Å². The van der Waals surface area contributed by atoms with Gasteiger partial charge < -0.3 is 10.5 Å². The Bertz CT molecular complexity index is 932. The lowest BCUT2D eigenvalue weighted by atomic mass is 9.84. The molecule has 2 aliphatic rings. The molecule has 2 heterocycles. The van der Waals surface area contributed by atoms with Gasteiger partial charge in [0.2, 0.25) is 0 Å². The van der Waals surface area contributed by atoms with Crippen LogP contribution in [0.1, 0.15) is 23.2 Å². The second kappa shape index (κ2) is 6.37. The molecule has 0 amide bonds. The summed E-state index contributed by atoms with van der Waals surface area (Å²) in [5.41, 5.74) is 3.38. The molecule has 2 aromatic rings. The van der Waals surface area contributed by atoms with E-state index in [1.54, 1.807) is 12.1 Å². The maximum absolute atomic E-state index is 14.5. The fourth-order valence-corrected chi connectivity index (χ4v) is 3.46. The molecule has 1 aliphatic carbocycles. The molecule has 1 saturated carbocycles. The maximum Gasteiger partial charge on any atom is 0.283 e. The highest BCUT2D eigenvalue weighted by Gasteiger charge is 2.64. The quantitative estimate of drug-likeness (QED) is 0.823. The first-order chi connectivity index (χ1) is 12.9. The third kappa shape index (κ3) is 2.94. The summed E-state index contributed by atoms with van der Waals surface area (Å²) in [6.07, 6.45) is -0.667.